The molecule has 1 fully saturated rings. The zero-order chi connectivity index (χ0) is 23.6. The predicted molar refractivity (Wildman–Crippen MR) is 127 cm³/mol. The van der Waals surface area contributed by atoms with Gasteiger partial charge in [0.2, 0.25) is 0 Å². The molecule has 174 valence electrons. The molecule has 33 heavy (non-hydrogen) atoms. The number of nitrogens with zero attached hydrogens (tertiary/aromatic N) is 2. The van der Waals surface area contributed by atoms with E-state index in [0.29, 0.717) is 23.7 Å². The Bertz CT molecular complexity index is 1250. The minimum Gasteiger partial charge on any atom is -0.497 e. The Hall–Kier alpha value is -3.33. The minimum atomic E-state index is -3.12. The number of benzene rings is 2. The summed E-state index contributed by atoms with van der Waals surface area (Å²) in [7, 11) is -1.53. The average molecular weight is 470 g/mol. The van der Waals surface area contributed by atoms with Crippen molar-refractivity contribution in [3.8, 4) is 22.8 Å². The molecule has 0 aliphatic carbocycles. The van der Waals surface area contributed by atoms with E-state index in [4.69, 9.17) is 9.47 Å². The summed E-state index contributed by atoms with van der Waals surface area (Å²) >= 11 is 0. The average Bonchev–Trinajstić information content (AvgIpc) is 3.36. The van der Waals surface area contributed by atoms with E-state index in [1.165, 1.54) is 0 Å². The number of anilines is 1. The van der Waals surface area contributed by atoms with E-state index in [9.17, 15) is 13.2 Å². The van der Waals surface area contributed by atoms with Gasteiger partial charge in [0.1, 0.15) is 17.3 Å². The first-order valence-electron chi connectivity index (χ1n) is 10.7. The number of aromatic nitrogens is 2. The van der Waals surface area contributed by atoms with Gasteiger partial charge in [-0.25, -0.2) is 13.1 Å². The normalized spacial score (nSPS) is 17.0. The lowest BCUT2D eigenvalue weighted by molar-refractivity contribution is -0.118. The maximum atomic E-state index is 12.7. The van der Waals surface area contributed by atoms with E-state index in [0.717, 1.165) is 22.4 Å². The van der Waals surface area contributed by atoms with Crippen molar-refractivity contribution in [1.29, 1.82) is 0 Å². The Morgan fingerprint density at radius 2 is 1.85 bits per heavy atom. The summed E-state index contributed by atoms with van der Waals surface area (Å²) in [5.41, 5.74) is 3.36. The van der Waals surface area contributed by atoms with Crippen LogP contribution in [0, 0.1) is 13.8 Å². The molecule has 9 heteroatoms. The van der Waals surface area contributed by atoms with Crippen LogP contribution in [0.3, 0.4) is 0 Å². The van der Waals surface area contributed by atoms with Gasteiger partial charge >= 0.3 is 0 Å². The number of hydrogen-bond donors (Lipinski definition) is 1. The fraction of sp³-hybridized carbons (Fsp3) is 0.333. The molecule has 0 saturated carbocycles. The molecule has 1 amide bonds. The monoisotopic (exact) mass is 469 g/mol. The standard InChI is InChI=1S/C24H27N3O5S/c1-16-5-4-6-17(2)24(16)32-14-23(28)25-22-13-21(18-7-9-20(31-3)10-8-18)26-27(22)19-11-12-33(29,30)15-19/h4-10,13,19H,11-12,14-15H2,1-3H3,(H,25,28)/t19-/m0/s1. The van der Waals surface area contributed by atoms with E-state index in [-0.39, 0.29) is 30.1 Å². The maximum Gasteiger partial charge on any atom is 0.263 e. The van der Waals surface area contributed by atoms with E-state index in [1.807, 2.05) is 56.3 Å². The van der Waals surface area contributed by atoms with Gasteiger partial charge in [-0.2, -0.15) is 5.10 Å². The highest BCUT2D eigenvalue weighted by Crippen LogP contribution is 2.31. The maximum absolute atomic E-state index is 12.7. The number of rotatable bonds is 7. The number of carbonyl (C=O) groups is 1. The van der Waals surface area contributed by atoms with Crippen molar-refractivity contribution in [1.82, 2.24) is 9.78 Å². The van der Waals surface area contributed by atoms with E-state index in [1.54, 1.807) is 17.9 Å². The summed E-state index contributed by atoms with van der Waals surface area (Å²) in [6.45, 7) is 3.69. The van der Waals surface area contributed by atoms with Crippen LogP contribution in [0.1, 0.15) is 23.6 Å². The summed E-state index contributed by atoms with van der Waals surface area (Å²) in [6, 6.07) is 14.6. The quantitative estimate of drug-likeness (QED) is 0.568. The van der Waals surface area contributed by atoms with Gasteiger partial charge in [-0.1, -0.05) is 18.2 Å². The summed E-state index contributed by atoms with van der Waals surface area (Å²) in [4.78, 5) is 12.7. The highest BCUT2D eigenvalue weighted by Gasteiger charge is 2.32. The summed E-state index contributed by atoms with van der Waals surface area (Å²) < 4.78 is 36.7. The number of hydrogen-bond acceptors (Lipinski definition) is 6. The predicted octanol–water partition coefficient (Wildman–Crippen LogP) is 3.55. The molecule has 1 N–H and O–H groups in total. The number of carbonyl (C=O) groups excluding carboxylic acids is 1. The number of sulfone groups is 1. The van der Waals surface area contributed by atoms with Crippen molar-refractivity contribution in [3.63, 3.8) is 0 Å². The highest BCUT2D eigenvalue weighted by molar-refractivity contribution is 7.91. The molecule has 0 radical (unpaired) electrons. The zero-order valence-corrected chi connectivity index (χ0v) is 19.7. The van der Waals surface area contributed by atoms with Gasteiger partial charge in [0.05, 0.1) is 30.4 Å². The molecule has 1 aliphatic rings. The van der Waals surface area contributed by atoms with Crippen LogP contribution in [0.2, 0.25) is 0 Å². The van der Waals surface area contributed by atoms with Crippen LogP contribution in [-0.4, -0.2) is 49.3 Å². The third-order valence-corrected chi connectivity index (χ3v) is 7.45. The van der Waals surface area contributed by atoms with E-state index in [2.05, 4.69) is 10.4 Å². The minimum absolute atomic E-state index is 0.00148. The van der Waals surface area contributed by atoms with Crippen LogP contribution < -0.4 is 14.8 Å². The zero-order valence-electron chi connectivity index (χ0n) is 18.9. The van der Waals surface area contributed by atoms with Gasteiger partial charge in [-0.05, 0) is 55.7 Å². The van der Waals surface area contributed by atoms with Crippen LogP contribution in [0.4, 0.5) is 5.82 Å². The van der Waals surface area contributed by atoms with Gasteiger partial charge in [0.25, 0.3) is 5.91 Å². The van der Waals surface area contributed by atoms with Gasteiger partial charge in [0.15, 0.2) is 16.4 Å². The lowest BCUT2D eigenvalue weighted by Crippen LogP contribution is -2.24. The Kier molecular flexibility index (Phi) is 6.42. The lowest BCUT2D eigenvalue weighted by Gasteiger charge is -2.15. The Morgan fingerprint density at radius 3 is 2.45 bits per heavy atom. The molecule has 3 aromatic rings. The lowest BCUT2D eigenvalue weighted by atomic mass is 10.1. The number of methoxy groups -OCH3 is 1. The fourth-order valence-electron chi connectivity index (χ4n) is 3.98. The van der Waals surface area contributed by atoms with Crippen LogP contribution in [0.15, 0.2) is 48.5 Å². The summed E-state index contributed by atoms with van der Waals surface area (Å²) in [5, 5.41) is 7.49. The third kappa shape index (κ3) is 5.19. The molecule has 4 rings (SSSR count). The van der Waals surface area contributed by atoms with Gasteiger partial charge < -0.3 is 14.8 Å². The third-order valence-electron chi connectivity index (χ3n) is 5.70. The number of para-hydroxylation sites is 1. The van der Waals surface area contributed by atoms with Gasteiger partial charge in [0, 0.05) is 11.6 Å². The van der Waals surface area contributed by atoms with Crippen molar-refractivity contribution < 1.29 is 22.7 Å². The number of aryl methyl sites for hydroxylation is 2. The van der Waals surface area contributed by atoms with Crippen LogP contribution in [-0.2, 0) is 14.6 Å². The fourth-order valence-corrected chi connectivity index (χ4v) is 5.67. The van der Waals surface area contributed by atoms with Crippen molar-refractivity contribution >= 4 is 21.6 Å². The second-order valence-electron chi connectivity index (χ2n) is 8.20. The van der Waals surface area contributed by atoms with Crippen LogP contribution >= 0.6 is 0 Å². The van der Waals surface area contributed by atoms with E-state index >= 15 is 0 Å². The number of nitrogens with one attached hydrogen (secondary N) is 1. The molecule has 2 heterocycles. The van der Waals surface area contributed by atoms with Crippen molar-refractivity contribution in [2.75, 3.05) is 30.5 Å². The molecule has 1 saturated heterocycles. The smallest absolute Gasteiger partial charge is 0.263 e. The summed E-state index contributed by atoms with van der Waals surface area (Å²) in [6.07, 6.45) is 0.452. The largest absolute Gasteiger partial charge is 0.497 e. The Balaban J connectivity index is 1.57. The molecular weight excluding hydrogens is 442 g/mol. The summed E-state index contributed by atoms with van der Waals surface area (Å²) in [5.74, 6) is 1.61. The molecule has 1 aromatic heterocycles. The highest BCUT2D eigenvalue weighted by atomic mass is 32.2. The van der Waals surface area contributed by atoms with Gasteiger partial charge in [-0.15, -0.1) is 0 Å². The topological polar surface area (TPSA) is 99.5 Å². The molecule has 0 spiro atoms. The second-order valence-corrected chi connectivity index (χ2v) is 10.4. The molecule has 8 nitrogen and oxygen atoms in total. The molecule has 1 aliphatic heterocycles. The van der Waals surface area contributed by atoms with Crippen molar-refractivity contribution in [3.05, 3.63) is 59.7 Å². The van der Waals surface area contributed by atoms with Crippen molar-refractivity contribution in [2.45, 2.75) is 26.3 Å². The molecule has 1 atom stereocenters. The SMILES string of the molecule is COc1ccc(-c2cc(NC(=O)COc3c(C)cccc3C)n([C@H]3CCS(=O)(=O)C3)n2)cc1. The van der Waals surface area contributed by atoms with Crippen LogP contribution in [0.25, 0.3) is 11.3 Å². The Morgan fingerprint density at radius 1 is 1.15 bits per heavy atom. The first-order valence-corrected chi connectivity index (χ1v) is 12.5. The first kappa shape index (κ1) is 22.8. The van der Waals surface area contributed by atoms with Crippen molar-refractivity contribution in [2.24, 2.45) is 0 Å². The molecule has 0 unspecified atom stereocenters. The second kappa shape index (κ2) is 9.27. The van der Waals surface area contributed by atoms with E-state index < -0.39 is 9.84 Å². The number of amides is 1. The number of ether oxygens (including phenoxy) is 2. The van der Waals surface area contributed by atoms with Crippen LogP contribution in [0.5, 0.6) is 11.5 Å². The molecule has 2 aromatic carbocycles. The first-order chi connectivity index (χ1) is 15.8. The molecule has 0 bridgehead atoms. The Labute approximate surface area is 193 Å². The van der Waals surface area contributed by atoms with Gasteiger partial charge in [-0.3, -0.25) is 4.79 Å². The molecular formula is C24H27N3O5S.